The number of thiophene rings is 1. The van der Waals surface area contributed by atoms with Crippen LogP contribution in [0.15, 0.2) is 45.7 Å². The maximum atomic E-state index is 4.83. The van der Waals surface area contributed by atoms with Crippen LogP contribution in [0.25, 0.3) is 0 Å². The minimum absolute atomic E-state index is 0.968. The Bertz CT molecular complexity index is 228. The van der Waals surface area contributed by atoms with Crippen molar-refractivity contribution in [3.63, 3.8) is 0 Å². The van der Waals surface area contributed by atoms with Crippen LogP contribution < -0.4 is 0 Å². The Balaban J connectivity index is 0.000000112. The minimum Gasteiger partial charge on any atom is -0.470 e. The Morgan fingerprint density at radius 3 is 2.09 bits per heavy atom. The molecule has 0 amide bonds. The SMILES string of the molecule is Cc1ccco1.c1ccsc1. The summed E-state index contributed by atoms with van der Waals surface area (Å²) in [6.07, 6.45) is 1.66. The van der Waals surface area contributed by atoms with Crippen LogP contribution in [0.1, 0.15) is 5.76 Å². The second-order valence-electron chi connectivity index (χ2n) is 2.02. The largest absolute Gasteiger partial charge is 0.470 e. The van der Waals surface area contributed by atoms with Crippen molar-refractivity contribution in [2.45, 2.75) is 6.92 Å². The molecule has 0 bridgehead atoms. The molecule has 2 heteroatoms. The second-order valence-corrected chi connectivity index (χ2v) is 2.83. The summed E-state index contributed by atoms with van der Waals surface area (Å²) in [5.41, 5.74) is 0. The average molecular weight is 166 g/mol. The lowest BCUT2D eigenvalue weighted by molar-refractivity contribution is 0.534. The first-order chi connectivity index (χ1) is 5.39. The Morgan fingerprint density at radius 1 is 1.18 bits per heavy atom. The molecule has 0 aliphatic carbocycles. The summed E-state index contributed by atoms with van der Waals surface area (Å²) in [5, 5.41) is 4.08. The lowest BCUT2D eigenvalue weighted by Gasteiger charge is -1.69. The van der Waals surface area contributed by atoms with Crippen molar-refractivity contribution in [2.75, 3.05) is 0 Å². The summed E-state index contributed by atoms with van der Waals surface area (Å²) in [7, 11) is 0. The molecule has 2 aromatic rings. The third kappa shape index (κ3) is 3.63. The van der Waals surface area contributed by atoms with Crippen LogP contribution in [0.3, 0.4) is 0 Å². The fraction of sp³-hybridized carbons (Fsp3) is 0.111. The summed E-state index contributed by atoms with van der Waals surface area (Å²) in [5.74, 6) is 0.968. The van der Waals surface area contributed by atoms with Gasteiger partial charge in [0, 0.05) is 0 Å². The van der Waals surface area contributed by atoms with Crippen LogP contribution in [0.4, 0.5) is 0 Å². The zero-order valence-electron chi connectivity index (χ0n) is 6.36. The highest BCUT2D eigenvalue weighted by molar-refractivity contribution is 7.07. The first-order valence-electron chi connectivity index (χ1n) is 3.37. The molecule has 0 N–H and O–H groups in total. The van der Waals surface area contributed by atoms with E-state index >= 15 is 0 Å². The predicted octanol–water partition coefficient (Wildman–Crippen LogP) is 3.34. The smallest absolute Gasteiger partial charge is 0.100 e. The lowest BCUT2D eigenvalue weighted by atomic mass is 10.5. The monoisotopic (exact) mass is 166 g/mol. The van der Waals surface area contributed by atoms with Gasteiger partial charge >= 0.3 is 0 Å². The summed E-state index contributed by atoms with van der Waals surface area (Å²) in [4.78, 5) is 0. The van der Waals surface area contributed by atoms with E-state index < -0.39 is 0 Å². The summed E-state index contributed by atoms with van der Waals surface area (Å²) in [6, 6.07) is 7.82. The molecule has 2 rings (SSSR count). The highest BCUT2D eigenvalue weighted by Crippen LogP contribution is 1.93. The predicted molar refractivity (Wildman–Crippen MR) is 47.8 cm³/mol. The van der Waals surface area contributed by atoms with Crippen molar-refractivity contribution in [1.82, 2.24) is 0 Å². The Morgan fingerprint density at radius 2 is 1.91 bits per heavy atom. The zero-order valence-corrected chi connectivity index (χ0v) is 7.17. The van der Waals surface area contributed by atoms with Gasteiger partial charge in [0.2, 0.25) is 0 Å². The fourth-order valence-electron chi connectivity index (χ4n) is 0.587. The van der Waals surface area contributed by atoms with E-state index in [0.717, 1.165) is 5.76 Å². The topological polar surface area (TPSA) is 13.1 Å². The summed E-state index contributed by atoms with van der Waals surface area (Å²) in [6.45, 7) is 1.92. The van der Waals surface area contributed by atoms with E-state index in [2.05, 4.69) is 0 Å². The van der Waals surface area contributed by atoms with Crippen LogP contribution in [0, 0.1) is 6.92 Å². The molecule has 0 saturated heterocycles. The van der Waals surface area contributed by atoms with Gasteiger partial charge in [-0.05, 0) is 29.8 Å². The van der Waals surface area contributed by atoms with Crippen LogP contribution in [-0.2, 0) is 0 Å². The van der Waals surface area contributed by atoms with Crippen LogP contribution in [0.5, 0.6) is 0 Å². The van der Waals surface area contributed by atoms with Crippen LogP contribution in [-0.4, -0.2) is 0 Å². The van der Waals surface area contributed by atoms with Gasteiger partial charge in [0.05, 0.1) is 6.26 Å². The molecule has 2 aromatic heterocycles. The van der Waals surface area contributed by atoms with Crippen molar-refractivity contribution in [3.8, 4) is 0 Å². The molecular weight excluding hydrogens is 156 g/mol. The normalized spacial score (nSPS) is 8.45. The lowest BCUT2D eigenvalue weighted by Crippen LogP contribution is -1.48. The van der Waals surface area contributed by atoms with Crippen molar-refractivity contribution < 1.29 is 4.42 Å². The molecule has 0 fully saturated rings. The van der Waals surface area contributed by atoms with E-state index in [9.17, 15) is 0 Å². The Hall–Kier alpha value is -1.02. The highest BCUT2D eigenvalue weighted by Gasteiger charge is 1.75. The third-order valence-electron chi connectivity index (χ3n) is 1.09. The molecule has 0 saturated carbocycles. The fourth-order valence-corrected chi connectivity index (χ4v) is 1.04. The van der Waals surface area contributed by atoms with Gasteiger partial charge in [-0.2, -0.15) is 11.3 Å². The maximum Gasteiger partial charge on any atom is 0.100 e. The Labute approximate surface area is 70.3 Å². The van der Waals surface area contributed by atoms with E-state index in [4.69, 9.17) is 4.42 Å². The first kappa shape index (κ1) is 8.08. The van der Waals surface area contributed by atoms with E-state index in [1.807, 2.05) is 41.9 Å². The number of rotatable bonds is 0. The van der Waals surface area contributed by atoms with Gasteiger partial charge in [-0.3, -0.25) is 0 Å². The minimum atomic E-state index is 0.968. The van der Waals surface area contributed by atoms with Gasteiger partial charge in [0.1, 0.15) is 5.76 Å². The van der Waals surface area contributed by atoms with E-state index in [0.29, 0.717) is 0 Å². The van der Waals surface area contributed by atoms with E-state index in [1.165, 1.54) is 0 Å². The number of hydrogen-bond acceptors (Lipinski definition) is 2. The van der Waals surface area contributed by atoms with Crippen LogP contribution >= 0.6 is 11.3 Å². The molecule has 0 aliphatic heterocycles. The van der Waals surface area contributed by atoms with Gasteiger partial charge in [-0.1, -0.05) is 12.1 Å². The molecule has 0 atom stereocenters. The van der Waals surface area contributed by atoms with Crippen molar-refractivity contribution in [3.05, 3.63) is 47.0 Å². The quantitative estimate of drug-likeness (QED) is 0.585. The molecule has 11 heavy (non-hydrogen) atoms. The molecule has 0 aliphatic rings. The van der Waals surface area contributed by atoms with Gasteiger partial charge in [-0.25, -0.2) is 0 Å². The van der Waals surface area contributed by atoms with Gasteiger partial charge in [-0.15, -0.1) is 0 Å². The molecule has 58 valence electrons. The summed E-state index contributed by atoms with van der Waals surface area (Å²) < 4.78 is 4.83. The van der Waals surface area contributed by atoms with E-state index in [1.54, 1.807) is 17.6 Å². The molecule has 0 spiro atoms. The van der Waals surface area contributed by atoms with Crippen molar-refractivity contribution in [2.24, 2.45) is 0 Å². The average Bonchev–Trinajstić information content (AvgIpc) is 2.57. The molecule has 2 heterocycles. The zero-order chi connectivity index (χ0) is 7.94. The highest BCUT2D eigenvalue weighted by atomic mass is 32.1. The van der Waals surface area contributed by atoms with Gasteiger partial charge in [0.25, 0.3) is 0 Å². The molecule has 0 radical (unpaired) electrons. The number of hydrogen-bond donors (Lipinski definition) is 0. The van der Waals surface area contributed by atoms with Gasteiger partial charge < -0.3 is 4.42 Å². The summed E-state index contributed by atoms with van der Waals surface area (Å²) >= 11 is 1.71. The standard InChI is InChI=1S/C5H6O.C4H4S/c1-5-3-2-4-6-5;1-2-4-5-3-1/h2-4H,1H3;1-4H. The van der Waals surface area contributed by atoms with Crippen molar-refractivity contribution in [1.29, 1.82) is 0 Å². The maximum absolute atomic E-state index is 4.83. The second kappa shape index (κ2) is 4.74. The van der Waals surface area contributed by atoms with Crippen LogP contribution in [0.2, 0.25) is 0 Å². The van der Waals surface area contributed by atoms with Gasteiger partial charge in [0.15, 0.2) is 0 Å². The molecule has 0 unspecified atom stereocenters. The first-order valence-corrected chi connectivity index (χ1v) is 4.31. The third-order valence-corrected chi connectivity index (χ3v) is 1.72. The molecule has 0 aromatic carbocycles. The molecule has 1 nitrogen and oxygen atoms in total. The number of aryl methyl sites for hydroxylation is 1. The number of furan rings is 1. The van der Waals surface area contributed by atoms with E-state index in [-0.39, 0.29) is 0 Å². The van der Waals surface area contributed by atoms with Crippen molar-refractivity contribution >= 4 is 11.3 Å². The Kier molecular flexibility index (Phi) is 3.48. The molecular formula is C9H10OS.